The van der Waals surface area contributed by atoms with Crippen molar-refractivity contribution in [1.29, 1.82) is 0 Å². The maximum atomic E-state index is 9.21. The van der Waals surface area contributed by atoms with Crippen molar-refractivity contribution in [2.24, 2.45) is 0 Å². The molecule has 0 bridgehead atoms. The van der Waals surface area contributed by atoms with Crippen molar-refractivity contribution in [3.63, 3.8) is 0 Å². The van der Waals surface area contributed by atoms with E-state index in [1.165, 1.54) is 0 Å². The van der Waals surface area contributed by atoms with Crippen molar-refractivity contribution in [3.05, 3.63) is 0 Å². The summed E-state index contributed by atoms with van der Waals surface area (Å²) < 4.78 is 0. The molecule has 0 fully saturated rings. The number of rotatable bonds is 3. The minimum absolute atomic E-state index is 0.394. The lowest BCUT2D eigenvalue weighted by Crippen LogP contribution is -2.44. The molecule has 0 aliphatic heterocycles. The molecule has 0 rings (SSSR count). The monoisotopic (exact) mass is 131 g/mol. The van der Waals surface area contributed by atoms with Crippen LogP contribution in [-0.4, -0.2) is 16.9 Å². The van der Waals surface area contributed by atoms with Crippen LogP contribution in [0.2, 0.25) is 0 Å². The van der Waals surface area contributed by atoms with Crippen LogP contribution < -0.4 is 5.32 Å². The Morgan fingerprint density at radius 2 is 2.00 bits per heavy atom. The van der Waals surface area contributed by atoms with Crippen LogP contribution in [0.1, 0.15) is 34.1 Å². The highest BCUT2D eigenvalue weighted by atomic mass is 16.3. The maximum Gasteiger partial charge on any atom is 0.110 e. The molecule has 0 heterocycles. The molecule has 1 atom stereocenters. The lowest BCUT2D eigenvalue weighted by Gasteiger charge is -2.23. The van der Waals surface area contributed by atoms with E-state index in [0.29, 0.717) is 6.04 Å². The highest BCUT2D eigenvalue weighted by Crippen LogP contribution is 1.98. The van der Waals surface area contributed by atoms with Gasteiger partial charge >= 0.3 is 0 Å². The molecule has 1 unspecified atom stereocenters. The van der Waals surface area contributed by atoms with Crippen LogP contribution in [0.3, 0.4) is 0 Å². The van der Waals surface area contributed by atoms with E-state index >= 15 is 0 Å². The van der Waals surface area contributed by atoms with Gasteiger partial charge in [0.1, 0.15) is 5.72 Å². The molecule has 2 N–H and O–H groups in total. The molecule has 0 saturated carbocycles. The second kappa shape index (κ2) is 3.18. The molecule has 2 heteroatoms. The zero-order chi connectivity index (χ0) is 7.49. The third kappa shape index (κ3) is 5.80. The Balaban J connectivity index is 3.47. The minimum atomic E-state index is -0.727. The first-order valence-electron chi connectivity index (χ1n) is 3.45. The molecule has 0 amide bonds. The van der Waals surface area contributed by atoms with Gasteiger partial charge in [0.15, 0.2) is 0 Å². The van der Waals surface area contributed by atoms with Gasteiger partial charge in [0, 0.05) is 6.04 Å². The standard InChI is InChI=1S/C7H17NO/c1-5-6(2)8-7(3,4)9/h6,8-9H,5H2,1-4H3. The molecule has 56 valence electrons. The summed E-state index contributed by atoms with van der Waals surface area (Å²) in [5.41, 5.74) is -0.727. The van der Waals surface area contributed by atoms with E-state index in [4.69, 9.17) is 0 Å². The summed E-state index contributed by atoms with van der Waals surface area (Å²) in [5.74, 6) is 0. The fraction of sp³-hybridized carbons (Fsp3) is 1.00. The van der Waals surface area contributed by atoms with E-state index in [2.05, 4.69) is 19.2 Å². The molecule has 0 spiro atoms. The van der Waals surface area contributed by atoms with Crippen molar-refractivity contribution in [2.75, 3.05) is 0 Å². The molecule has 0 aromatic rings. The number of hydrogen-bond donors (Lipinski definition) is 2. The predicted octanol–water partition coefficient (Wildman–Crippen LogP) is 1.10. The summed E-state index contributed by atoms with van der Waals surface area (Å²) in [7, 11) is 0. The summed E-state index contributed by atoms with van der Waals surface area (Å²) >= 11 is 0. The molecular formula is C7H17NO. The van der Waals surface area contributed by atoms with E-state index in [9.17, 15) is 5.11 Å². The molecule has 9 heavy (non-hydrogen) atoms. The third-order valence-corrected chi connectivity index (χ3v) is 1.21. The maximum absolute atomic E-state index is 9.21. The van der Waals surface area contributed by atoms with E-state index < -0.39 is 5.72 Å². The first-order chi connectivity index (χ1) is 3.95. The summed E-state index contributed by atoms with van der Waals surface area (Å²) in [6, 6.07) is 0.394. The van der Waals surface area contributed by atoms with Crippen molar-refractivity contribution >= 4 is 0 Å². The number of hydrogen-bond acceptors (Lipinski definition) is 2. The molecular weight excluding hydrogens is 114 g/mol. The Labute approximate surface area is 57.3 Å². The quantitative estimate of drug-likeness (QED) is 0.562. The topological polar surface area (TPSA) is 32.3 Å². The van der Waals surface area contributed by atoms with Gasteiger partial charge in [0.25, 0.3) is 0 Å². The molecule has 0 aromatic carbocycles. The van der Waals surface area contributed by atoms with Gasteiger partial charge in [-0.1, -0.05) is 6.92 Å². The minimum Gasteiger partial charge on any atom is -0.376 e. The van der Waals surface area contributed by atoms with Crippen LogP contribution in [0.5, 0.6) is 0 Å². The average Bonchev–Trinajstić information content (AvgIpc) is 1.62. The Bertz CT molecular complexity index is 75.5. The van der Waals surface area contributed by atoms with Crippen LogP contribution in [0.4, 0.5) is 0 Å². The smallest absolute Gasteiger partial charge is 0.110 e. The van der Waals surface area contributed by atoms with E-state index in [0.717, 1.165) is 6.42 Å². The van der Waals surface area contributed by atoms with E-state index in [1.54, 1.807) is 13.8 Å². The van der Waals surface area contributed by atoms with E-state index in [-0.39, 0.29) is 0 Å². The Morgan fingerprint density at radius 3 is 2.11 bits per heavy atom. The second-order valence-electron chi connectivity index (χ2n) is 3.01. The lowest BCUT2D eigenvalue weighted by molar-refractivity contribution is 0.0327. The summed E-state index contributed by atoms with van der Waals surface area (Å²) in [5, 5.41) is 12.2. The van der Waals surface area contributed by atoms with Crippen molar-refractivity contribution in [1.82, 2.24) is 5.32 Å². The van der Waals surface area contributed by atoms with Gasteiger partial charge in [0.2, 0.25) is 0 Å². The van der Waals surface area contributed by atoms with Crippen LogP contribution in [-0.2, 0) is 0 Å². The van der Waals surface area contributed by atoms with Crippen molar-refractivity contribution in [3.8, 4) is 0 Å². The average molecular weight is 131 g/mol. The first-order valence-corrected chi connectivity index (χ1v) is 3.45. The molecule has 0 saturated heterocycles. The predicted molar refractivity (Wildman–Crippen MR) is 39.2 cm³/mol. The molecule has 0 aromatic heterocycles. The van der Waals surface area contributed by atoms with Gasteiger partial charge in [-0.15, -0.1) is 0 Å². The highest BCUT2D eigenvalue weighted by Gasteiger charge is 2.13. The SMILES string of the molecule is CCC(C)NC(C)(C)O. The largest absolute Gasteiger partial charge is 0.376 e. The van der Waals surface area contributed by atoms with Gasteiger partial charge in [-0.05, 0) is 27.2 Å². The number of aliphatic hydroxyl groups is 1. The lowest BCUT2D eigenvalue weighted by atomic mass is 10.2. The normalized spacial score (nSPS) is 15.7. The molecule has 0 radical (unpaired) electrons. The van der Waals surface area contributed by atoms with Gasteiger partial charge in [-0.2, -0.15) is 0 Å². The fourth-order valence-electron chi connectivity index (χ4n) is 0.705. The summed E-state index contributed by atoms with van der Waals surface area (Å²) in [6.07, 6.45) is 1.05. The number of nitrogens with one attached hydrogen (secondary N) is 1. The first kappa shape index (κ1) is 8.92. The van der Waals surface area contributed by atoms with Crippen LogP contribution in [0.15, 0.2) is 0 Å². The van der Waals surface area contributed by atoms with Crippen molar-refractivity contribution < 1.29 is 5.11 Å². The Hall–Kier alpha value is -0.0800. The molecule has 0 aliphatic carbocycles. The fourth-order valence-corrected chi connectivity index (χ4v) is 0.705. The Kier molecular flexibility index (Phi) is 3.15. The van der Waals surface area contributed by atoms with Gasteiger partial charge in [-0.25, -0.2) is 0 Å². The highest BCUT2D eigenvalue weighted by molar-refractivity contribution is 4.67. The zero-order valence-corrected chi connectivity index (χ0v) is 6.73. The molecule has 0 aliphatic rings. The van der Waals surface area contributed by atoms with E-state index in [1.807, 2.05) is 0 Å². The summed E-state index contributed by atoms with van der Waals surface area (Å²) in [6.45, 7) is 7.64. The third-order valence-electron chi connectivity index (χ3n) is 1.21. The summed E-state index contributed by atoms with van der Waals surface area (Å²) in [4.78, 5) is 0. The van der Waals surface area contributed by atoms with Crippen LogP contribution in [0.25, 0.3) is 0 Å². The van der Waals surface area contributed by atoms with Crippen LogP contribution in [0, 0.1) is 0 Å². The molecule has 2 nitrogen and oxygen atoms in total. The van der Waals surface area contributed by atoms with Gasteiger partial charge in [-0.3, -0.25) is 5.32 Å². The second-order valence-corrected chi connectivity index (χ2v) is 3.01. The zero-order valence-electron chi connectivity index (χ0n) is 6.73. The van der Waals surface area contributed by atoms with Crippen molar-refractivity contribution in [2.45, 2.75) is 45.9 Å². The Morgan fingerprint density at radius 1 is 1.56 bits per heavy atom. The van der Waals surface area contributed by atoms with Crippen LogP contribution >= 0.6 is 0 Å². The van der Waals surface area contributed by atoms with Gasteiger partial charge in [0.05, 0.1) is 0 Å². The van der Waals surface area contributed by atoms with Gasteiger partial charge < -0.3 is 5.11 Å².